The summed E-state index contributed by atoms with van der Waals surface area (Å²) in [4.78, 5) is 0. The molecule has 0 saturated heterocycles. The molecule has 0 unspecified atom stereocenters. The van der Waals surface area contributed by atoms with E-state index in [1.807, 2.05) is 22.7 Å². The number of hydrogen-bond donors (Lipinski definition) is 0. The summed E-state index contributed by atoms with van der Waals surface area (Å²) in [6.07, 6.45) is 0. The highest BCUT2D eigenvalue weighted by molar-refractivity contribution is 7.26. The van der Waals surface area contributed by atoms with Crippen LogP contribution in [0.2, 0.25) is 0 Å². The summed E-state index contributed by atoms with van der Waals surface area (Å²) in [5.41, 5.74) is 34.3. The largest absolute Gasteiger partial charge is 0.135 e. The predicted molar refractivity (Wildman–Crippen MR) is 576 cm³/mol. The van der Waals surface area contributed by atoms with Crippen molar-refractivity contribution in [3.8, 4) is 111 Å². The molecule has 626 valence electrons. The van der Waals surface area contributed by atoms with Gasteiger partial charge in [-0.25, -0.2) is 0 Å². The Morgan fingerprint density at radius 3 is 0.812 bits per heavy atom. The van der Waals surface area contributed by atoms with Crippen LogP contribution in [0.5, 0.6) is 0 Å². The first-order valence-corrected chi connectivity index (χ1v) is 48.3. The fourth-order valence-corrected chi connectivity index (χ4v) is 25.9. The van der Waals surface area contributed by atoms with Crippen LogP contribution in [0.15, 0.2) is 437 Å². The Hall–Kier alpha value is -15.4. The Morgan fingerprint density at radius 2 is 0.398 bits per heavy atom. The Morgan fingerprint density at radius 1 is 0.143 bits per heavy atom. The van der Waals surface area contributed by atoms with E-state index in [4.69, 9.17) is 0 Å². The fraction of sp³-hybridized carbons (Fsp3) is 0.0687. The third-order valence-corrected chi connectivity index (χ3v) is 32.2. The van der Waals surface area contributed by atoms with E-state index in [9.17, 15) is 0 Å². The molecule has 3 aliphatic carbocycles. The van der Waals surface area contributed by atoms with Crippen LogP contribution >= 0.6 is 22.7 Å². The molecule has 2 aromatic heterocycles. The molecule has 0 nitrogen and oxygen atoms in total. The van der Waals surface area contributed by atoms with Gasteiger partial charge in [0.1, 0.15) is 0 Å². The number of fused-ring (bicyclic) bond motifs is 28. The first-order valence-electron chi connectivity index (χ1n) is 46.6. The maximum Gasteiger partial charge on any atom is 0.0433 e. The van der Waals surface area contributed by atoms with Gasteiger partial charge in [-0.2, -0.15) is 0 Å². The van der Waals surface area contributed by atoms with Crippen molar-refractivity contribution in [3.63, 3.8) is 0 Å². The second kappa shape index (κ2) is 30.3. The molecule has 133 heavy (non-hydrogen) atoms. The molecule has 0 aliphatic heterocycles. The third-order valence-electron chi connectivity index (χ3n) is 29.7. The molecular weight excluding hydrogens is 1640 g/mol. The monoisotopic (exact) mass is 1730 g/mol. The molecule has 0 bridgehead atoms. The zero-order valence-corrected chi connectivity index (χ0v) is 76.5. The summed E-state index contributed by atoms with van der Waals surface area (Å²) >= 11 is 3.79. The normalized spacial score (nSPS) is 13.5. The second-order valence-electron chi connectivity index (χ2n) is 38.5. The van der Waals surface area contributed by atoms with Gasteiger partial charge in [-0.15, -0.1) is 22.7 Å². The van der Waals surface area contributed by atoms with E-state index in [1.165, 1.54) is 271 Å². The Labute approximate surface area is 782 Å². The van der Waals surface area contributed by atoms with Crippen molar-refractivity contribution < 1.29 is 0 Å². The van der Waals surface area contributed by atoms with Crippen molar-refractivity contribution in [1.82, 2.24) is 0 Å². The second-order valence-corrected chi connectivity index (χ2v) is 40.6. The molecule has 3 aliphatic rings. The Bertz CT molecular complexity index is 9240. The lowest BCUT2D eigenvalue weighted by Crippen LogP contribution is -2.16. The lowest BCUT2D eigenvalue weighted by atomic mass is 9.78. The maximum atomic E-state index is 2.41. The molecule has 0 atom stereocenters. The van der Waals surface area contributed by atoms with Crippen molar-refractivity contribution >= 4 is 149 Å². The minimum absolute atomic E-state index is 0.0570. The molecule has 2 heterocycles. The van der Waals surface area contributed by atoms with Crippen LogP contribution in [0.3, 0.4) is 0 Å². The molecule has 0 N–H and O–H groups in total. The van der Waals surface area contributed by atoms with Crippen LogP contribution in [0.1, 0.15) is 74.9 Å². The zero-order chi connectivity index (χ0) is 88.7. The Balaban J connectivity index is 0.000000105. The Kier molecular flexibility index (Phi) is 17.9. The van der Waals surface area contributed by atoms with Gasteiger partial charge in [0.05, 0.1) is 0 Å². The highest BCUT2D eigenvalue weighted by atomic mass is 32.1. The van der Waals surface area contributed by atoms with Gasteiger partial charge >= 0.3 is 0 Å². The van der Waals surface area contributed by atoms with Gasteiger partial charge < -0.3 is 0 Å². The van der Waals surface area contributed by atoms with Gasteiger partial charge in [-0.05, 0) is 310 Å². The molecule has 25 aromatic rings. The molecule has 0 spiro atoms. The molecule has 0 radical (unpaired) electrons. The van der Waals surface area contributed by atoms with E-state index in [1.54, 1.807) is 0 Å². The van der Waals surface area contributed by atoms with Crippen LogP contribution in [0.4, 0.5) is 0 Å². The molecule has 0 amide bonds. The lowest BCUT2D eigenvalue weighted by molar-refractivity contribution is 0.667. The van der Waals surface area contributed by atoms with Crippen molar-refractivity contribution in [3.05, 3.63) is 470 Å². The summed E-state index contributed by atoms with van der Waals surface area (Å²) in [6.45, 7) is 14.4. The van der Waals surface area contributed by atoms with E-state index in [-0.39, 0.29) is 16.2 Å². The van der Waals surface area contributed by atoms with E-state index in [0.29, 0.717) is 0 Å². The SMILES string of the molecule is CC1(C)c2c(ccc3ccccc23)-c2ccc3cc(-c4cccc(-c5ccc6cc(-c7ccc8ccccc8c7)ccc6c5)c4)ccc3c21.CC1(C)c2c(ccc3ccccc23)-c2ccc3cc(-c4cccc(-c5cccc6c5sc5ccccc56)c4)ccc3c21.CC1(C)c2cc3ccccc3cc2-c2ccc3cc(-c4cccc(-c5cccc6c5sc5ccccc56)c4)ccc3c21. The first-order chi connectivity index (χ1) is 65.1. The fourth-order valence-electron chi connectivity index (χ4n) is 23.5. The minimum atomic E-state index is -0.0845. The third kappa shape index (κ3) is 12.7. The first kappa shape index (κ1) is 78.6. The molecule has 28 rings (SSSR count). The summed E-state index contributed by atoms with van der Waals surface area (Å²) in [5.74, 6) is 0. The summed E-state index contributed by atoms with van der Waals surface area (Å²) in [5, 5.41) is 26.3. The highest BCUT2D eigenvalue weighted by Crippen LogP contribution is 2.58. The summed E-state index contributed by atoms with van der Waals surface area (Å²) < 4.78 is 5.41. The smallest absolute Gasteiger partial charge is 0.0433 e. The minimum Gasteiger partial charge on any atom is -0.135 e. The average Bonchev–Trinajstić information content (AvgIpc) is 1.55. The van der Waals surface area contributed by atoms with Crippen LogP contribution in [-0.2, 0) is 16.2 Å². The molecule has 0 saturated carbocycles. The zero-order valence-electron chi connectivity index (χ0n) is 74.9. The molecule has 0 fully saturated rings. The van der Waals surface area contributed by atoms with Gasteiger partial charge in [0, 0.05) is 56.6 Å². The molecule has 2 heteroatoms. The van der Waals surface area contributed by atoms with Gasteiger partial charge in [0.25, 0.3) is 0 Å². The predicted octanol–water partition coefficient (Wildman–Crippen LogP) is 37.6. The van der Waals surface area contributed by atoms with Gasteiger partial charge in [-0.1, -0.05) is 399 Å². The van der Waals surface area contributed by atoms with Crippen LogP contribution in [0.25, 0.3) is 238 Å². The quantitative estimate of drug-likeness (QED) is 0.149. The van der Waals surface area contributed by atoms with Crippen molar-refractivity contribution in [2.75, 3.05) is 0 Å². The van der Waals surface area contributed by atoms with Gasteiger partial charge in [0.15, 0.2) is 0 Å². The van der Waals surface area contributed by atoms with Crippen molar-refractivity contribution in [1.29, 1.82) is 0 Å². The van der Waals surface area contributed by atoms with Crippen molar-refractivity contribution in [2.45, 2.75) is 57.8 Å². The average molecular weight is 1730 g/mol. The number of rotatable bonds is 7. The molecule has 23 aromatic carbocycles. The van der Waals surface area contributed by atoms with Crippen LogP contribution in [-0.4, -0.2) is 0 Å². The highest BCUT2D eigenvalue weighted by Gasteiger charge is 2.41. The maximum absolute atomic E-state index is 2.41. The number of hydrogen-bond acceptors (Lipinski definition) is 2. The summed E-state index contributed by atoms with van der Waals surface area (Å²) in [6, 6.07) is 163. The van der Waals surface area contributed by atoms with Gasteiger partial charge in [-0.3, -0.25) is 0 Å². The van der Waals surface area contributed by atoms with E-state index >= 15 is 0 Å². The lowest BCUT2D eigenvalue weighted by Gasteiger charge is -2.24. The standard InChI is InChI=1S/C49H34.2C41H28S/c1-49(2)47-43-13-6-5-9-32(43)20-24-45(47)46-25-22-42-30-41(21-23-44(42)48(46)49)35-12-7-11-34(27-35)36-16-17-40-29-39(19-18-38(40)28-36)37-15-14-31-8-3-4-10-33(31)26-37;1-41(2)38-30-12-4-3-9-25(30)17-21-34(38)35-22-19-29-24-27(18-20-31(29)39(35)41)26-10-7-11-28(23-26)32-14-8-15-36-33-13-5-6-16-37(33)42-40(32)36;1-41(2)37-24-27-10-4-3-9-26(27)23-36(37)34-20-18-30-22-28(17-19-31(30)39(34)41)25-11-7-12-29(21-25)32-14-8-15-35-33-13-5-6-16-38(33)42-40(32)35/h3-30H,1-2H3;2*3-24H,1-2H3. The van der Waals surface area contributed by atoms with E-state index in [2.05, 4.69) is 478 Å². The number of thiophene rings is 2. The number of benzene rings is 23. The topological polar surface area (TPSA) is 0 Å². The molecular formula is C131H90S2. The summed E-state index contributed by atoms with van der Waals surface area (Å²) in [7, 11) is 0. The van der Waals surface area contributed by atoms with Gasteiger partial charge in [0.2, 0.25) is 0 Å². The van der Waals surface area contributed by atoms with Crippen LogP contribution in [0, 0.1) is 0 Å². The van der Waals surface area contributed by atoms with E-state index < -0.39 is 0 Å². The van der Waals surface area contributed by atoms with E-state index in [0.717, 1.165) is 0 Å². The van der Waals surface area contributed by atoms with Crippen molar-refractivity contribution in [2.24, 2.45) is 0 Å². The van der Waals surface area contributed by atoms with Crippen LogP contribution < -0.4 is 0 Å².